The van der Waals surface area contributed by atoms with E-state index in [9.17, 15) is 5.11 Å². The van der Waals surface area contributed by atoms with E-state index >= 15 is 0 Å². The van der Waals surface area contributed by atoms with Crippen molar-refractivity contribution in [3.05, 3.63) is 41.1 Å². The molecule has 0 atom stereocenters. The number of benzene rings is 1. The van der Waals surface area contributed by atoms with Crippen molar-refractivity contribution in [3.63, 3.8) is 0 Å². The number of hydrogen-bond acceptors (Lipinski definition) is 7. The highest BCUT2D eigenvalue weighted by atomic mass is 16.5. The fraction of sp³-hybridized carbons (Fsp3) is 0.353. The fourth-order valence-electron chi connectivity index (χ4n) is 2.41. The van der Waals surface area contributed by atoms with Crippen LogP contribution in [0.2, 0.25) is 0 Å². The summed E-state index contributed by atoms with van der Waals surface area (Å²) in [6.07, 6.45) is 1.49. The molecule has 2 heterocycles. The van der Waals surface area contributed by atoms with Crippen molar-refractivity contribution in [2.75, 3.05) is 6.61 Å². The van der Waals surface area contributed by atoms with Crippen LogP contribution in [0.5, 0.6) is 11.5 Å². The number of ether oxygens (including phenoxy) is 1. The Morgan fingerprint density at radius 1 is 1.12 bits per heavy atom. The smallest absolute Gasteiger partial charge is 0.223 e. The summed E-state index contributed by atoms with van der Waals surface area (Å²) in [6.45, 7) is 5.87. The molecule has 24 heavy (non-hydrogen) atoms. The van der Waals surface area contributed by atoms with Gasteiger partial charge in [-0.25, -0.2) is 0 Å². The van der Waals surface area contributed by atoms with Crippen molar-refractivity contribution in [1.82, 2.24) is 15.3 Å². The van der Waals surface area contributed by atoms with Crippen LogP contribution in [0.4, 0.5) is 0 Å². The second kappa shape index (κ2) is 6.74. The number of phenols is 1. The molecule has 7 nitrogen and oxygen atoms in total. The van der Waals surface area contributed by atoms with Crippen LogP contribution in [0.1, 0.15) is 29.3 Å². The van der Waals surface area contributed by atoms with E-state index in [1.165, 1.54) is 0 Å². The minimum absolute atomic E-state index is 0.167. The topological polar surface area (TPSA) is 94.4 Å². The Bertz CT molecular complexity index is 838. The zero-order chi connectivity index (χ0) is 17.1. The Labute approximate surface area is 139 Å². The van der Waals surface area contributed by atoms with Gasteiger partial charge in [0.05, 0.1) is 17.9 Å². The maximum Gasteiger partial charge on any atom is 0.223 e. The molecular formula is C17H19N3O4. The number of phenolic OH excluding ortho intramolecular Hbond substituents is 1. The molecule has 2 aromatic heterocycles. The second-order valence-electron chi connectivity index (χ2n) is 5.61. The standard InChI is InChI=1S/C17H19N3O4/c1-10-9-13(24-19-10)5-4-8-22-16-11(2)15(21)7-6-14(16)17-18-12(3)23-20-17/h6-7,9,21H,4-5,8H2,1-3H3. The third-order valence-electron chi connectivity index (χ3n) is 3.64. The summed E-state index contributed by atoms with van der Waals surface area (Å²) in [5.74, 6) is 2.47. The van der Waals surface area contributed by atoms with Crippen LogP contribution in [0.15, 0.2) is 27.2 Å². The molecule has 0 aliphatic carbocycles. The molecule has 126 valence electrons. The molecule has 0 aliphatic rings. The monoisotopic (exact) mass is 329 g/mol. The summed E-state index contributed by atoms with van der Waals surface area (Å²) in [5.41, 5.74) is 2.20. The summed E-state index contributed by atoms with van der Waals surface area (Å²) in [4.78, 5) is 4.23. The van der Waals surface area contributed by atoms with Crippen LogP contribution < -0.4 is 4.74 Å². The summed E-state index contributed by atoms with van der Waals surface area (Å²) in [6, 6.07) is 5.23. The highest BCUT2D eigenvalue weighted by Gasteiger charge is 2.17. The van der Waals surface area contributed by atoms with Crippen LogP contribution in [0.3, 0.4) is 0 Å². The van der Waals surface area contributed by atoms with E-state index in [1.807, 2.05) is 13.0 Å². The predicted molar refractivity (Wildman–Crippen MR) is 85.9 cm³/mol. The molecule has 0 radical (unpaired) electrons. The molecule has 0 unspecified atom stereocenters. The van der Waals surface area contributed by atoms with Crippen molar-refractivity contribution in [2.24, 2.45) is 0 Å². The van der Waals surface area contributed by atoms with E-state index in [0.29, 0.717) is 35.2 Å². The molecule has 1 aromatic carbocycles. The molecule has 3 aromatic rings. The summed E-state index contributed by atoms with van der Waals surface area (Å²) >= 11 is 0. The van der Waals surface area contributed by atoms with Gasteiger partial charge in [0.2, 0.25) is 11.7 Å². The van der Waals surface area contributed by atoms with Gasteiger partial charge in [-0.15, -0.1) is 0 Å². The quantitative estimate of drug-likeness (QED) is 0.693. The Kier molecular flexibility index (Phi) is 4.50. The van der Waals surface area contributed by atoms with Crippen molar-refractivity contribution >= 4 is 0 Å². The molecule has 0 bridgehead atoms. The van der Waals surface area contributed by atoms with Gasteiger partial charge in [0.15, 0.2) is 0 Å². The molecule has 1 N–H and O–H groups in total. The van der Waals surface area contributed by atoms with E-state index in [2.05, 4.69) is 15.3 Å². The van der Waals surface area contributed by atoms with Crippen LogP contribution in [0, 0.1) is 20.8 Å². The third-order valence-corrected chi connectivity index (χ3v) is 3.64. The first-order valence-electron chi connectivity index (χ1n) is 7.73. The minimum atomic E-state index is 0.167. The largest absolute Gasteiger partial charge is 0.508 e. The highest BCUT2D eigenvalue weighted by molar-refractivity contribution is 5.68. The fourth-order valence-corrected chi connectivity index (χ4v) is 2.41. The summed E-state index contributed by atoms with van der Waals surface area (Å²) < 4.78 is 16.1. The molecule has 3 rings (SSSR count). The lowest BCUT2D eigenvalue weighted by atomic mass is 10.1. The maximum absolute atomic E-state index is 9.95. The Balaban J connectivity index is 1.72. The SMILES string of the molecule is Cc1cc(CCCOc2c(-c3noc(C)n3)ccc(O)c2C)on1. The zero-order valence-corrected chi connectivity index (χ0v) is 13.9. The average Bonchev–Trinajstić information content (AvgIpc) is 3.16. The van der Waals surface area contributed by atoms with Gasteiger partial charge in [-0.05, 0) is 32.4 Å². The first-order valence-corrected chi connectivity index (χ1v) is 7.73. The second-order valence-corrected chi connectivity index (χ2v) is 5.61. The van der Waals surface area contributed by atoms with Crippen molar-refractivity contribution in [1.29, 1.82) is 0 Å². The molecule has 0 saturated heterocycles. The number of nitrogens with zero attached hydrogens (tertiary/aromatic N) is 3. The Hall–Kier alpha value is -2.83. The van der Waals surface area contributed by atoms with Crippen LogP contribution in [-0.4, -0.2) is 27.0 Å². The highest BCUT2D eigenvalue weighted by Crippen LogP contribution is 2.36. The van der Waals surface area contributed by atoms with Crippen molar-refractivity contribution in [2.45, 2.75) is 33.6 Å². The molecule has 0 fully saturated rings. The molecule has 0 amide bonds. The normalized spacial score (nSPS) is 11.0. The predicted octanol–water partition coefficient (Wildman–Crippen LogP) is 3.37. The summed E-state index contributed by atoms with van der Waals surface area (Å²) in [5, 5.41) is 17.7. The Morgan fingerprint density at radius 3 is 2.62 bits per heavy atom. The van der Waals surface area contributed by atoms with Crippen LogP contribution >= 0.6 is 0 Å². The molecule has 7 heteroatoms. The van der Waals surface area contributed by atoms with Gasteiger partial charge in [-0.1, -0.05) is 10.3 Å². The third kappa shape index (κ3) is 3.40. The van der Waals surface area contributed by atoms with E-state index in [1.54, 1.807) is 26.0 Å². The zero-order valence-electron chi connectivity index (χ0n) is 13.9. The van der Waals surface area contributed by atoms with Gasteiger partial charge < -0.3 is 18.9 Å². The van der Waals surface area contributed by atoms with Gasteiger partial charge in [0, 0.05) is 25.0 Å². The number of aromatic hydroxyl groups is 1. The van der Waals surface area contributed by atoms with Gasteiger partial charge >= 0.3 is 0 Å². The average molecular weight is 329 g/mol. The minimum Gasteiger partial charge on any atom is -0.508 e. The molecule has 0 spiro atoms. The van der Waals surface area contributed by atoms with Gasteiger partial charge in [-0.3, -0.25) is 0 Å². The van der Waals surface area contributed by atoms with E-state index < -0.39 is 0 Å². The lowest BCUT2D eigenvalue weighted by Gasteiger charge is -2.13. The van der Waals surface area contributed by atoms with Crippen molar-refractivity contribution in [3.8, 4) is 22.9 Å². The van der Waals surface area contributed by atoms with Crippen LogP contribution in [-0.2, 0) is 6.42 Å². The molecule has 0 aliphatic heterocycles. The lowest BCUT2D eigenvalue weighted by molar-refractivity contribution is 0.297. The summed E-state index contributed by atoms with van der Waals surface area (Å²) in [7, 11) is 0. The first kappa shape index (κ1) is 16.0. The first-order chi connectivity index (χ1) is 11.5. The maximum atomic E-state index is 9.95. The number of aryl methyl sites for hydroxylation is 3. The van der Waals surface area contributed by atoms with Gasteiger partial charge in [0.25, 0.3) is 0 Å². The van der Waals surface area contributed by atoms with Crippen molar-refractivity contribution < 1.29 is 18.9 Å². The van der Waals surface area contributed by atoms with Gasteiger partial charge in [-0.2, -0.15) is 4.98 Å². The lowest BCUT2D eigenvalue weighted by Crippen LogP contribution is -2.02. The van der Waals surface area contributed by atoms with E-state index in [-0.39, 0.29) is 5.75 Å². The van der Waals surface area contributed by atoms with E-state index in [0.717, 1.165) is 24.3 Å². The van der Waals surface area contributed by atoms with Crippen LogP contribution in [0.25, 0.3) is 11.4 Å². The number of hydrogen-bond donors (Lipinski definition) is 1. The van der Waals surface area contributed by atoms with E-state index in [4.69, 9.17) is 13.8 Å². The molecular weight excluding hydrogens is 310 g/mol. The molecule has 0 saturated carbocycles. The number of rotatable bonds is 6. The number of aromatic nitrogens is 3. The van der Waals surface area contributed by atoms with Gasteiger partial charge in [0.1, 0.15) is 17.3 Å². The Morgan fingerprint density at radius 2 is 1.96 bits per heavy atom.